The van der Waals surface area contributed by atoms with Crippen molar-refractivity contribution in [2.24, 2.45) is 0 Å². The molecule has 0 atom stereocenters. The maximum atomic E-state index is 9.08. The summed E-state index contributed by atoms with van der Waals surface area (Å²) < 4.78 is 36.3. The molecule has 0 bridgehead atoms. The van der Waals surface area contributed by atoms with E-state index in [1.807, 2.05) is 0 Å². The summed E-state index contributed by atoms with van der Waals surface area (Å²) >= 11 is 10.3. The van der Waals surface area contributed by atoms with Gasteiger partial charge in [0.25, 0.3) is 0 Å². The standard InChI is InChI=1S/Ba.Cu.4FS/c;;4*1-2/q2*+2;4*-1. The zero-order chi connectivity index (χ0) is 8.00. The Morgan fingerprint density at radius 1 is 0.500 bits per heavy atom. The van der Waals surface area contributed by atoms with Crippen molar-refractivity contribution in [3.05, 3.63) is 0 Å². The Morgan fingerprint density at radius 2 is 0.500 bits per heavy atom. The molecule has 10 heavy (non-hydrogen) atoms. The third kappa shape index (κ3) is 113. The van der Waals surface area contributed by atoms with E-state index >= 15 is 0 Å². The summed E-state index contributed by atoms with van der Waals surface area (Å²) in [5.41, 5.74) is 0. The average molecular weight is 405 g/mol. The molecule has 65 valence electrons. The molecule has 0 aliphatic carbocycles. The molecule has 0 nitrogen and oxygen atoms in total. The molecule has 0 aromatic carbocycles. The van der Waals surface area contributed by atoms with Crippen molar-refractivity contribution in [2.75, 3.05) is 0 Å². The van der Waals surface area contributed by atoms with E-state index in [-0.39, 0.29) is 65.9 Å². The van der Waals surface area contributed by atoms with Gasteiger partial charge in [0.05, 0.1) is 0 Å². The summed E-state index contributed by atoms with van der Waals surface area (Å²) in [6.45, 7) is 0. The Morgan fingerprint density at radius 3 is 0.500 bits per heavy atom. The van der Waals surface area contributed by atoms with Crippen LogP contribution < -0.4 is 0 Å². The van der Waals surface area contributed by atoms with Crippen molar-refractivity contribution < 1.29 is 32.6 Å². The minimum absolute atomic E-state index is 0. The van der Waals surface area contributed by atoms with Gasteiger partial charge >= 0.3 is 65.9 Å². The first-order chi connectivity index (χ1) is 4.00. The van der Waals surface area contributed by atoms with E-state index in [4.69, 9.17) is 15.5 Å². The van der Waals surface area contributed by atoms with Crippen LogP contribution in [-0.2, 0) is 69.1 Å². The Bertz CT molecular complexity index is 17.2. The quantitative estimate of drug-likeness (QED) is 0.339. The number of rotatable bonds is 0. The average Bonchev–Trinajstić information content (AvgIpc) is 2.03. The molecule has 1 radical (unpaired) electrons. The number of hydrogen-bond donors (Lipinski definition) is 0. The molecular weight excluding hydrogens is 405 g/mol. The van der Waals surface area contributed by atoms with Gasteiger partial charge in [0.15, 0.2) is 0 Å². The maximum absolute atomic E-state index is 9.08. The summed E-state index contributed by atoms with van der Waals surface area (Å²) in [7, 11) is 0. The molecule has 0 N–H and O–H groups in total. The van der Waals surface area contributed by atoms with Gasteiger partial charge in [-0.25, -0.2) is 0 Å². The van der Waals surface area contributed by atoms with Crippen molar-refractivity contribution in [1.29, 1.82) is 0 Å². The van der Waals surface area contributed by atoms with Gasteiger partial charge in [-0.1, -0.05) is 0 Å². The van der Waals surface area contributed by atoms with Crippen LogP contribution in [0.25, 0.3) is 0 Å². The van der Waals surface area contributed by atoms with E-state index in [2.05, 4.69) is 52.1 Å². The summed E-state index contributed by atoms with van der Waals surface area (Å²) in [5, 5.41) is 0. The fourth-order valence-electron chi connectivity index (χ4n) is 0. The van der Waals surface area contributed by atoms with Crippen LogP contribution in [-0.4, -0.2) is 48.9 Å². The molecule has 0 saturated heterocycles. The predicted octanol–water partition coefficient (Wildman–Crippen LogP) is 1.29. The Labute approximate surface area is 131 Å². The van der Waals surface area contributed by atoms with Crippen LogP contribution in [0, 0.1) is 0 Å². The molecule has 0 unspecified atom stereocenters. The Balaban J connectivity index is -0.00000000500. The molecule has 0 aromatic heterocycles. The van der Waals surface area contributed by atoms with Gasteiger partial charge in [-0.15, -0.1) is 0 Å². The van der Waals surface area contributed by atoms with E-state index in [0.717, 1.165) is 0 Å². The minimum Gasteiger partial charge on any atom is -0.572 e. The summed E-state index contributed by atoms with van der Waals surface area (Å²) in [5.74, 6) is 0. The molecule has 10 heteroatoms. The van der Waals surface area contributed by atoms with E-state index in [1.54, 1.807) is 0 Å². The van der Waals surface area contributed by atoms with Crippen LogP contribution in [0.3, 0.4) is 0 Å². The van der Waals surface area contributed by atoms with E-state index in [9.17, 15) is 0 Å². The van der Waals surface area contributed by atoms with E-state index < -0.39 is 0 Å². The first-order valence-electron chi connectivity index (χ1n) is 0.617. The van der Waals surface area contributed by atoms with Gasteiger partial charge in [-0.2, -0.15) is 0 Å². The Kier molecular flexibility index (Phi) is 564. The van der Waals surface area contributed by atoms with Gasteiger partial charge in [0, 0.05) is 0 Å². The third-order valence-corrected chi connectivity index (χ3v) is 0. The fourth-order valence-corrected chi connectivity index (χ4v) is 0. The number of halogens is 4. The molecule has 0 aromatic rings. The fraction of sp³-hybridized carbons (Fsp3) is 0. The SMILES string of the molecule is F[S-].F[S-].F[S-].F[S-].[Ba+2].[Cu+2]. The van der Waals surface area contributed by atoms with Gasteiger partial charge in [-0.05, 0) is 0 Å². The largest absolute Gasteiger partial charge is 2.00 e. The van der Waals surface area contributed by atoms with Crippen molar-refractivity contribution in [1.82, 2.24) is 0 Å². The second kappa shape index (κ2) is 149. The second-order valence-corrected chi connectivity index (χ2v) is 0. The van der Waals surface area contributed by atoms with Crippen LogP contribution >= 0.6 is 0 Å². The van der Waals surface area contributed by atoms with Crippen molar-refractivity contribution in [3.63, 3.8) is 0 Å². The van der Waals surface area contributed by atoms with Crippen LogP contribution in [0.15, 0.2) is 0 Å². The van der Waals surface area contributed by atoms with Gasteiger partial charge in [-0.3, -0.25) is 0 Å². The number of hydrogen-bond acceptors (Lipinski definition) is 4. The van der Waals surface area contributed by atoms with Crippen molar-refractivity contribution in [3.8, 4) is 0 Å². The molecule has 0 rings (SSSR count). The minimum atomic E-state index is 0. The molecular formula is BaCuF4S4. The zero-order valence-electron chi connectivity index (χ0n) is 4.15. The van der Waals surface area contributed by atoms with Crippen LogP contribution in [0.1, 0.15) is 0 Å². The molecule has 0 aliphatic heterocycles. The van der Waals surface area contributed by atoms with Crippen molar-refractivity contribution >= 4 is 101 Å². The van der Waals surface area contributed by atoms with Gasteiger partial charge in [0.1, 0.15) is 0 Å². The summed E-state index contributed by atoms with van der Waals surface area (Å²) in [4.78, 5) is 0. The van der Waals surface area contributed by atoms with Crippen LogP contribution in [0.2, 0.25) is 0 Å². The first kappa shape index (κ1) is 37.9. The van der Waals surface area contributed by atoms with Crippen molar-refractivity contribution in [2.45, 2.75) is 0 Å². The van der Waals surface area contributed by atoms with Crippen LogP contribution in [0.5, 0.6) is 0 Å². The van der Waals surface area contributed by atoms with E-state index in [1.165, 1.54) is 0 Å². The first-order valence-corrected chi connectivity index (χ1v) is 1.85. The molecule has 0 saturated carbocycles. The van der Waals surface area contributed by atoms with E-state index in [0.29, 0.717) is 0 Å². The Hall–Kier alpha value is 3.21. The molecule has 0 spiro atoms. The zero-order valence-corrected chi connectivity index (χ0v) is 12.8. The summed E-state index contributed by atoms with van der Waals surface area (Å²) in [6, 6.07) is 0. The molecule has 0 amide bonds. The molecule has 0 heterocycles. The topological polar surface area (TPSA) is 0 Å². The molecule has 0 aliphatic rings. The van der Waals surface area contributed by atoms with Gasteiger partial charge < -0.3 is 67.6 Å². The maximum Gasteiger partial charge on any atom is 2.00 e. The third-order valence-electron chi connectivity index (χ3n) is 0. The van der Waals surface area contributed by atoms with Crippen LogP contribution in [0.4, 0.5) is 15.5 Å². The molecule has 0 fully saturated rings. The summed E-state index contributed by atoms with van der Waals surface area (Å²) in [6.07, 6.45) is 0. The van der Waals surface area contributed by atoms with Gasteiger partial charge in [0.2, 0.25) is 0 Å². The normalized spacial score (nSPS) is 2.40. The predicted molar refractivity (Wildman–Crippen MR) is 39.6 cm³/mol. The smallest absolute Gasteiger partial charge is 0.572 e. The second-order valence-electron chi connectivity index (χ2n) is 0. The monoisotopic (exact) mass is 405 g/mol.